The third kappa shape index (κ3) is 3.64. The molecule has 2 unspecified atom stereocenters. The van der Waals surface area contributed by atoms with Gasteiger partial charge in [0.25, 0.3) is 0 Å². The number of carbonyl (C=O) groups is 1. The van der Waals surface area contributed by atoms with Gasteiger partial charge >= 0.3 is 0 Å². The Balaban J connectivity index is 1.52. The van der Waals surface area contributed by atoms with Crippen LogP contribution in [0, 0.1) is 11.7 Å². The Hall–Kier alpha value is -2.54. The molecule has 2 aromatic rings. The molecule has 1 aromatic carbocycles. The molecule has 3 aliphatic heterocycles. The molecular formula is C20H23FN4O2. The molecule has 1 aromatic heterocycles. The highest BCUT2D eigenvalue weighted by molar-refractivity contribution is 5.81. The second-order valence-corrected chi connectivity index (χ2v) is 7.14. The van der Waals surface area contributed by atoms with Crippen molar-refractivity contribution in [2.24, 2.45) is 5.92 Å². The summed E-state index contributed by atoms with van der Waals surface area (Å²) >= 11 is 0. The van der Waals surface area contributed by atoms with Crippen molar-refractivity contribution < 1.29 is 13.9 Å². The first-order valence-electron chi connectivity index (χ1n) is 9.30. The van der Waals surface area contributed by atoms with E-state index in [1.165, 1.54) is 12.1 Å². The molecule has 0 aliphatic carbocycles. The summed E-state index contributed by atoms with van der Waals surface area (Å²) in [6.07, 6.45) is 1.93. The van der Waals surface area contributed by atoms with Crippen molar-refractivity contribution >= 4 is 11.7 Å². The van der Waals surface area contributed by atoms with Crippen LogP contribution < -0.4 is 4.90 Å². The van der Waals surface area contributed by atoms with Crippen molar-refractivity contribution in [3.63, 3.8) is 0 Å². The Bertz CT molecular complexity index is 797. The number of fused-ring (bicyclic) bond motifs is 4. The Morgan fingerprint density at radius 2 is 1.93 bits per heavy atom. The number of halogens is 1. The number of aromatic nitrogens is 2. The maximum absolute atomic E-state index is 13.1. The number of carbonyl (C=O) groups excluding carboxylic acids is 1. The lowest BCUT2D eigenvalue weighted by molar-refractivity contribution is -0.140. The number of hydrogen-bond acceptors (Lipinski definition) is 5. The van der Waals surface area contributed by atoms with Gasteiger partial charge in [0, 0.05) is 38.3 Å². The second kappa shape index (κ2) is 7.60. The molecule has 0 saturated carbocycles. The lowest BCUT2D eigenvalue weighted by atomic mass is 9.94. The number of methoxy groups -OCH3 is 1. The third-order valence-corrected chi connectivity index (χ3v) is 5.44. The molecule has 142 valence electrons. The Labute approximate surface area is 157 Å². The fourth-order valence-corrected chi connectivity index (χ4v) is 3.98. The van der Waals surface area contributed by atoms with Crippen molar-refractivity contribution in [2.75, 3.05) is 38.3 Å². The minimum absolute atomic E-state index is 0.000758. The molecule has 5 rings (SSSR count). The molecule has 27 heavy (non-hydrogen) atoms. The van der Waals surface area contributed by atoms with Crippen molar-refractivity contribution in [3.8, 4) is 11.3 Å². The standard InChI is InChI=1S/C20H23FN4O2/c1-27-11-10-25-17-7-4-15(20(25)26)12-24(13-17)19-9-8-18(22-23-19)14-2-5-16(21)6-3-14/h2-3,5-6,8-9,15,17H,4,7,10-13H2,1H3. The Morgan fingerprint density at radius 3 is 2.63 bits per heavy atom. The van der Waals surface area contributed by atoms with E-state index in [9.17, 15) is 9.18 Å². The maximum Gasteiger partial charge on any atom is 0.227 e. The van der Waals surface area contributed by atoms with Crippen molar-refractivity contribution in [1.29, 1.82) is 0 Å². The van der Waals surface area contributed by atoms with Crippen LogP contribution in [-0.4, -0.2) is 60.4 Å². The highest BCUT2D eigenvalue weighted by Gasteiger charge is 2.40. The van der Waals surface area contributed by atoms with Gasteiger partial charge in [-0.25, -0.2) is 4.39 Å². The average Bonchev–Trinajstić information content (AvgIpc) is 2.98. The predicted molar refractivity (Wildman–Crippen MR) is 99.7 cm³/mol. The zero-order valence-corrected chi connectivity index (χ0v) is 15.3. The molecular weight excluding hydrogens is 347 g/mol. The molecule has 2 atom stereocenters. The van der Waals surface area contributed by atoms with E-state index < -0.39 is 0 Å². The number of hydrogen-bond donors (Lipinski definition) is 0. The highest BCUT2D eigenvalue weighted by atomic mass is 19.1. The lowest BCUT2D eigenvalue weighted by Gasteiger charge is -2.35. The third-order valence-electron chi connectivity index (χ3n) is 5.44. The van der Waals surface area contributed by atoms with E-state index in [0.29, 0.717) is 25.4 Å². The minimum Gasteiger partial charge on any atom is -0.383 e. The molecule has 6 nitrogen and oxygen atoms in total. The number of piperidine rings is 1. The number of ether oxygens (including phenoxy) is 1. The number of benzene rings is 1. The van der Waals surface area contributed by atoms with E-state index in [0.717, 1.165) is 30.8 Å². The Morgan fingerprint density at radius 1 is 1.11 bits per heavy atom. The first-order chi connectivity index (χ1) is 13.2. The average molecular weight is 370 g/mol. The van der Waals surface area contributed by atoms with E-state index >= 15 is 0 Å². The van der Waals surface area contributed by atoms with Gasteiger partial charge in [-0.3, -0.25) is 4.79 Å². The second-order valence-electron chi connectivity index (χ2n) is 7.14. The van der Waals surface area contributed by atoms with Crippen LogP contribution in [0.1, 0.15) is 12.8 Å². The number of anilines is 1. The monoisotopic (exact) mass is 370 g/mol. The van der Waals surface area contributed by atoms with Crippen LogP contribution in [0.3, 0.4) is 0 Å². The fraction of sp³-hybridized carbons (Fsp3) is 0.450. The van der Waals surface area contributed by atoms with Crippen LogP contribution in [0.25, 0.3) is 11.3 Å². The van der Waals surface area contributed by atoms with Gasteiger partial charge in [0.2, 0.25) is 5.91 Å². The fourth-order valence-electron chi connectivity index (χ4n) is 3.98. The zero-order chi connectivity index (χ0) is 18.8. The summed E-state index contributed by atoms with van der Waals surface area (Å²) in [6.45, 7) is 2.63. The summed E-state index contributed by atoms with van der Waals surface area (Å²) in [4.78, 5) is 16.9. The molecule has 3 fully saturated rings. The van der Waals surface area contributed by atoms with E-state index in [1.807, 2.05) is 17.0 Å². The van der Waals surface area contributed by atoms with Gasteiger partial charge in [0.1, 0.15) is 5.82 Å². The van der Waals surface area contributed by atoms with Gasteiger partial charge in [0.15, 0.2) is 5.82 Å². The normalized spacial score (nSPS) is 22.2. The van der Waals surface area contributed by atoms with E-state index in [1.54, 1.807) is 19.2 Å². The van der Waals surface area contributed by atoms with Crippen LogP contribution >= 0.6 is 0 Å². The van der Waals surface area contributed by atoms with Crippen LogP contribution in [0.5, 0.6) is 0 Å². The van der Waals surface area contributed by atoms with Crippen molar-refractivity contribution in [1.82, 2.24) is 15.1 Å². The van der Waals surface area contributed by atoms with Crippen LogP contribution in [-0.2, 0) is 9.53 Å². The molecule has 7 heteroatoms. The number of rotatable bonds is 5. The molecule has 2 bridgehead atoms. The number of nitrogens with zero attached hydrogens (tertiary/aromatic N) is 4. The highest BCUT2D eigenvalue weighted by Crippen LogP contribution is 2.31. The topological polar surface area (TPSA) is 58.6 Å². The van der Waals surface area contributed by atoms with Gasteiger partial charge in [0.05, 0.1) is 18.2 Å². The van der Waals surface area contributed by atoms with Crippen molar-refractivity contribution in [2.45, 2.75) is 18.9 Å². The lowest BCUT2D eigenvalue weighted by Crippen LogP contribution is -2.49. The van der Waals surface area contributed by atoms with Crippen molar-refractivity contribution in [3.05, 3.63) is 42.2 Å². The largest absolute Gasteiger partial charge is 0.383 e. The summed E-state index contributed by atoms with van der Waals surface area (Å²) < 4.78 is 18.2. The van der Waals surface area contributed by atoms with Gasteiger partial charge in [-0.2, -0.15) is 0 Å². The van der Waals surface area contributed by atoms with Gasteiger partial charge < -0.3 is 14.5 Å². The maximum atomic E-state index is 13.1. The summed E-state index contributed by atoms with van der Waals surface area (Å²) in [5.74, 6) is 0.728. The van der Waals surface area contributed by atoms with E-state index in [2.05, 4.69) is 15.1 Å². The summed E-state index contributed by atoms with van der Waals surface area (Å²) in [5.41, 5.74) is 1.53. The molecule has 1 amide bonds. The van der Waals surface area contributed by atoms with Gasteiger partial charge in [-0.15, -0.1) is 10.2 Å². The van der Waals surface area contributed by atoms with Crippen LogP contribution in [0.2, 0.25) is 0 Å². The van der Waals surface area contributed by atoms with Crippen LogP contribution in [0.15, 0.2) is 36.4 Å². The summed E-state index contributed by atoms with van der Waals surface area (Å²) in [6, 6.07) is 10.2. The molecule has 4 heterocycles. The summed E-state index contributed by atoms with van der Waals surface area (Å²) in [5, 5.41) is 8.69. The Kier molecular flexibility index (Phi) is 5.03. The molecule has 0 radical (unpaired) electrons. The van der Waals surface area contributed by atoms with E-state index in [4.69, 9.17) is 4.74 Å². The molecule has 0 spiro atoms. The first-order valence-corrected chi connectivity index (χ1v) is 9.30. The quantitative estimate of drug-likeness (QED) is 0.809. The predicted octanol–water partition coefficient (Wildman–Crippen LogP) is 2.36. The number of amides is 1. The molecule has 3 saturated heterocycles. The minimum atomic E-state index is -0.272. The van der Waals surface area contributed by atoms with Crippen LogP contribution in [0.4, 0.5) is 10.2 Å². The van der Waals surface area contributed by atoms with E-state index in [-0.39, 0.29) is 23.7 Å². The smallest absolute Gasteiger partial charge is 0.227 e. The molecule has 3 aliphatic rings. The van der Waals surface area contributed by atoms with Gasteiger partial charge in [-0.1, -0.05) is 0 Å². The molecule has 0 N–H and O–H groups in total. The summed E-state index contributed by atoms with van der Waals surface area (Å²) in [7, 11) is 1.66. The SMILES string of the molecule is COCCN1C(=O)C2CCC1CN(c1ccc(-c3ccc(F)cc3)nn1)C2. The van der Waals surface area contributed by atoms with Gasteiger partial charge in [-0.05, 0) is 49.2 Å². The zero-order valence-electron chi connectivity index (χ0n) is 15.3. The first kappa shape index (κ1) is 17.9.